The molecule has 0 radical (unpaired) electrons. The first-order valence-corrected chi connectivity index (χ1v) is 10.2. The van der Waals surface area contributed by atoms with Gasteiger partial charge in [0, 0.05) is 30.7 Å². The molecule has 4 aromatic rings. The van der Waals surface area contributed by atoms with Gasteiger partial charge in [0.2, 0.25) is 0 Å². The summed E-state index contributed by atoms with van der Waals surface area (Å²) in [4.78, 5) is 28.9. The largest absolute Gasteiger partial charge is 0.492 e. The molecule has 0 aliphatic heterocycles. The zero-order valence-electron chi connectivity index (χ0n) is 17.6. The summed E-state index contributed by atoms with van der Waals surface area (Å²) in [6.07, 6.45) is 3.70. The molecule has 2 aromatic carbocycles. The summed E-state index contributed by atoms with van der Waals surface area (Å²) in [5.74, 6) is 1.26. The standard InChI is InChI=1S/C24H23N5O3/c1-18-25-13-14-28(18)17-19-7-9-20(10-8-19)26-24(31)22-11-12-23(30)29(27-22)15-16-32-21-5-3-2-4-6-21/h2-14H,15-17H2,1H3,(H,26,31). The highest BCUT2D eigenvalue weighted by atomic mass is 16.5. The van der Waals surface area contributed by atoms with Crippen LogP contribution in [0.2, 0.25) is 0 Å². The third kappa shape index (κ3) is 5.28. The highest BCUT2D eigenvalue weighted by Crippen LogP contribution is 2.13. The SMILES string of the molecule is Cc1nccn1Cc1ccc(NC(=O)c2ccc(=O)n(CCOc3ccccc3)n2)cc1. The van der Waals surface area contributed by atoms with Crippen molar-refractivity contribution in [2.45, 2.75) is 20.0 Å². The summed E-state index contributed by atoms with van der Waals surface area (Å²) in [5, 5.41) is 7.00. The summed E-state index contributed by atoms with van der Waals surface area (Å²) in [6, 6.07) is 19.6. The van der Waals surface area contributed by atoms with Gasteiger partial charge in [0.1, 0.15) is 23.9 Å². The molecule has 32 heavy (non-hydrogen) atoms. The minimum absolute atomic E-state index is 0.155. The van der Waals surface area contributed by atoms with Crippen molar-refractivity contribution in [1.29, 1.82) is 0 Å². The van der Waals surface area contributed by atoms with E-state index in [1.807, 2.05) is 72.3 Å². The third-order valence-corrected chi connectivity index (χ3v) is 4.90. The topological polar surface area (TPSA) is 91.0 Å². The Morgan fingerprint density at radius 1 is 1.03 bits per heavy atom. The number of carbonyl (C=O) groups excluding carboxylic acids is 1. The van der Waals surface area contributed by atoms with Gasteiger partial charge in [-0.3, -0.25) is 9.59 Å². The van der Waals surface area contributed by atoms with E-state index >= 15 is 0 Å². The van der Waals surface area contributed by atoms with Crippen LogP contribution in [0.1, 0.15) is 21.9 Å². The van der Waals surface area contributed by atoms with E-state index in [4.69, 9.17) is 4.74 Å². The van der Waals surface area contributed by atoms with Gasteiger partial charge >= 0.3 is 0 Å². The van der Waals surface area contributed by atoms with E-state index in [-0.39, 0.29) is 30.3 Å². The average molecular weight is 429 g/mol. The smallest absolute Gasteiger partial charge is 0.276 e. The molecule has 0 unspecified atom stereocenters. The Balaban J connectivity index is 1.37. The van der Waals surface area contributed by atoms with E-state index in [0.717, 1.165) is 11.4 Å². The number of hydrogen-bond donors (Lipinski definition) is 1. The van der Waals surface area contributed by atoms with E-state index in [9.17, 15) is 9.59 Å². The van der Waals surface area contributed by atoms with Crippen LogP contribution in [0.15, 0.2) is 83.9 Å². The van der Waals surface area contributed by atoms with Gasteiger partial charge in [-0.2, -0.15) is 5.10 Å². The van der Waals surface area contributed by atoms with E-state index < -0.39 is 0 Å². The minimum atomic E-state index is -0.388. The third-order valence-electron chi connectivity index (χ3n) is 4.90. The summed E-state index contributed by atoms with van der Waals surface area (Å²) in [7, 11) is 0. The number of carbonyl (C=O) groups is 1. The lowest BCUT2D eigenvalue weighted by Crippen LogP contribution is -2.28. The number of amides is 1. The maximum absolute atomic E-state index is 12.6. The Morgan fingerprint density at radius 3 is 2.53 bits per heavy atom. The van der Waals surface area contributed by atoms with E-state index in [1.54, 1.807) is 6.20 Å². The van der Waals surface area contributed by atoms with Crippen LogP contribution >= 0.6 is 0 Å². The second-order valence-electron chi connectivity index (χ2n) is 7.19. The summed E-state index contributed by atoms with van der Waals surface area (Å²) in [5.41, 5.74) is 1.60. The Hall–Kier alpha value is -4.20. The van der Waals surface area contributed by atoms with Crippen molar-refractivity contribution in [3.63, 3.8) is 0 Å². The van der Waals surface area contributed by atoms with E-state index in [2.05, 4.69) is 15.4 Å². The lowest BCUT2D eigenvalue weighted by molar-refractivity contribution is 0.101. The van der Waals surface area contributed by atoms with Crippen LogP contribution in [-0.4, -0.2) is 31.8 Å². The quantitative estimate of drug-likeness (QED) is 0.465. The average Bonchev–Trinajstić information content (AvgIpc) is 3.21. The maximum atomic E-state index is 12.6. The van der Waals surface area contributed by atoms with Crippen molar-refractivity contribution in [2.24, 2.45) is 0 Å². The van der Waals surface area contributed by atoms with Crippen molar-refractivity contribution in [2.75, 3.05) is 11.9 Å². The predicted octanol–water partition coefficient (Wildman–Crippen LogP) is 3.13. The second-order valence-corrected chi connectivity index (χ2v) is 7.19. The molecule has 0 aliphatic rings. The number of para-hydroxylation sites is 1. The first-order chi connectivity index (χ1) is 15.6. The van der Waals surface area contributed by atoms with Crippen molar-refractivity contribution < 1.29 is 9.53 Å². The van der Waals surface area contributed by atoms with Gasteiger partial charge < -0.3 is 14.6 Å². The molecule has 0 spiro atoms. The molecule has 0 bridgehead atoms. The molecule has 0 aliphatic carbocycles. The zero-order chi connectivity index (χ0) is 22.3. The molecule has 0 saturated heterocycles. The number of imidazole rings is 1. The molecule has 8 heteroatoms. The molecule has 1 N–H and O–H groups in total. The lowest BCUT2D eigenvalue weighted by Gasteiger charge is -2.10. The first kappa shape index (κ1) is 21.0. The van der Waals surface area contributed by atoms with Gasteiger partial charge in [-0.25, -0.2) is 9.67 Å². The fourth-order valence-electron chi connectivity index (χ4n) is 3.15. The number of benzene rings is 2. The van der Waals surface area contributed by atoms with Crippen LogP contribution in [0.4, 0.5) is 5.69 Å². The Labute approximate surface area is 185 Å². The predicted molar refractivity (Wildman–Crippen MR) is 121 cm³/mol. The molecule has 0 saturated carbocycles. The van der Waals surface area contributed by atoms with Gasteiger partial charge in [-0.15, -0.1) is 0 Å². The molecule has 0 fully saturated rings. The number of hydrogen-bond acceptors (Lipinski definition) is 5. The van der Waals surface area contributed by atoms with Crippen LogP contribution in [0.25, 0.3) is 0 Å². The molecular formula is C24H23N5O3. The van der Waals surface area contributed by atoms with Crippen molar-refractivity contribution in [3.8, 4) is 5.75 Å². The van der Waals surface area contributed by atoms with Gasteiger partial charge in [-0.05, 0) is 42.8 Å². The molecule has 8 nitrogen and oxygen atoms in total. The Morgan fingerprint density at radius 2 is 1.81 bits per heavy atom. The number of ether oxygens (including phenoxy) is 1. The van der Waals surface area contributed by atoms with Gasteiger partial charge in [-0.1, -0.05) is 30.3 Å². The Bertz CT molecular complexity index is 1250. The number of aryl methyl sites for hydroxylation is 1. The van der Waals surface area contributed by atoms with Crippen LogP contribution in [0.3, 0.4) is 0 Å². The highest BCUT2D eigenvalue weighted by Gasteiger charge is 2.10. The molecule has 4 rings (SSSR count). The fraction of sp³-hybridized carbons (Fsp3) is 0.167. The number of anilines is 1. The number of nitrogens with zero attached hydrogens (tertiary/aromatic N) is 4. The molecule has 0 atom stereocenters. The number of rotatable bonds is 8. The first-order valence-electron chi connectivity index (χ1n) is 10.2. The molecule has 162 valence electrons. The highest BCUT2D eigenvalue weighted by molar-refractivity contribution is 6.02. The molecule has 2 heterocycles. The minimum Gasteiger partial charge on any atom is -0.492 e. The van der Waals surface area contributed by atoms with Crippen LogP contribution in [0.5, 0.6) is 5.75 Å². The summed E-state index contributed by atoms with van der Waals surface area (Å²) in [6.45, 7) is 3.16. The summed E-state index contributed by atoms with van der Waals surface area (Å²) < 4.78 is 8.89. The number of aromatic nitrogens is 4. The Kier molecular flexibility index (Phi) is 6.41. The van der Waals surface area contributed by atoms with Gasteiger partial charge in [0.05, 0.1) is 6.54 Å². The van der Waals surface area contributed by atoms with E-state index in [1.165, 1.54) is 16.8 Å². The lowest BCUT2D eigenvalue weighted by atomic mass is 10.2. The van der Waals surface area contributed by atoms with Gasteiger partial charge in [0.15, 0.2) is 0 Å². The van der Waals surface area contributed by atoms with Crippen molar-refractivity contribution in [1.82, 2.24) is 19.3 Å². The maximum Gasteiger partial charge on any atom is 0.276 e. The zero-order valence-corrected chi connectivity index (χ0v) is 17.6. The normalized spacial score (nSPS) is 10.7. The summed E-state index contributed by atoms with van der Waals surface area (Å²) >= 11 is 0. The van der Waals surface area contributed by atoms with Crippen molar-refractivity contribution in [3.05, 3.63) is 107 Å². The number of nitrogens with one attached hydrogen (secondary N) is 1. The molecule has 2 aromatic heterocycles. The van der Waals surface area contributed by atoms with E-state index in [0.29, 0.717) is 18.0 Å². The van der Waals surface area contributed by atoms with Crippen LogP contribution in [0, 0.1) is 6.92 Å². The van der Waals surface area contributed by atoms with Crippen molar-refractivity contribution >= 4 is 11.6 Å². The second kappa shape index (κ2) is 9.74. The fourth-order valence-corrected chi connectivity index (χ4v) is 3.15. The monoisotopic (exact) mass is 429 g/mol. The van der Waals surface area contributed by atoms with Crippen LogP contribution in [-0.2, 0) is 13.1 Å². The molecule has 1 amide bonds. The molecular weight excluding hydrogens is 406 g/mol. The van der Waals surface area contributed by atoms with Crippen LogP contribution < -0.4 is 15.6 Å². The van der Waals surface area contributed by atoms with Gasteiger partial charge in [0.25, 0.3) is 11.5 Å².